The Balaban J connectivity index is 2.10. The highest BCUT2D eigenvalue weighted by Crippen LogP contribution is 2.41. The summed E-state index contributed by atoms with van der Waals surface area (Å²) in [7, 11) is 0. The molecule has 0 unspecified atom stereocenters. The molecule has 0 radical (unpaired) electrons. The first-order valence-corrected chi connectivity index (χ1v) is 7.56. The topological polar surface area (TPSA) is 15.8 Å². The van der Waals surface area contributed by atoms with Crippen molar-refractivity contribution in [3.8, 4) is 11.1 Å². The fraction of sp³-hybridized carbons (Fsp3) is 0.200. The highest BCUT2D eigenvalue weighted by molar-refractivity contribution is 6.01. The lowest BCUT2D eigenvalue weighted by Gasteiger charge is -2.12. The van der Waals surface area contributed by atoms with Crippen LogP contribution in [0.3, 0.4) is 0 Å². The van der Waals surface area contributed by atoms with E-state index in [1.165, 1.54) is 44.4 Å². The van der Waals surface area contributed by atoms with Gasteiger partial charge in [0.25, 0.3) is 0 Å². The summed E-state index contributed by atoms with van der Waals surface area (Å²) >= 11 is 0. The van der Waals surface area contributed by atoms with Gasteiger partial charge in [0.05, 0.1) is 5.52 Å². The molecule has 0 saturated carbocycles. The summed E-state index contributed by atoms with van der Waals surface area (Å²) in [5.41, 5.74) is 9.33. The van der Waals surface area contributed by atoms with E-state index in [2.05, 4.69) is 74.3 Å². The summed E-state index contributed by atoms with van der Waals surface area (Å²) in [5, 5.41) is 1.37. The smallest absolute Gasteiger partial charge is 0.0544 e. The summed E-state index contributed by atoms with van der Waals surface area (Å²) in [4.78, 5) is 3.65. The van der Waals surface area contributed by atoms with Crippen molar-refractivity contribution in [2.75, 3.05) is 0 Å². The Morgan fingerprint density at radius 3 is 2.57 bits per heavy atom. The lowest BCUT2D eigenvalue weighted by Crippen LogP contribution is -1.90. The molecule has 0 spiro atoms. The molecule has 21 heavy (non-hydrogen) atoms. The molecule has 0 bridgehead atoms. The van der Waals surface area contributed by atoms with Crippen molar-refractivity contribution < 1.29 is 0 Å². The van der Waals surface area contributed by atoms with Crippen molar-refractivity contribution in [3.05, 3.63) is 64.9 Å². The van der Waals surface area contributed by atoms with Crippen molar-refractivity contribution in [2.24, 2.45) is 0 Å². The predicted molar refractivity (Wildman–Crippen MR) is 90.7 cm³/mol. The van der Waals surface area contributed by atoms with E-state index in [1.807, 2.05) is 0 Å². The van der Waals surface area contributed by atoms with Gasteiger partial charge in [-0.3, -0.25) is 0 Å². The van der Waals surface area contributed by atoms with Crippen molar-refractivity contribution >= 4 is 17.0 Å². The van der Waals surface area contributed by atoms with Gasteiger partial charge in [-0.1, -0.05) is 49.4 Å². The number of fused-ring (bicyclic) bond motifs is 3. The molecule has 104 valence electrons. The molecule has 1 atom stereocenters. The monoisotopic (exact) mass is 273 g/mol. The Labute approximate surface area is 125 Å². The van der Waals surface area contributed by atoms with E-state index in [9.17, 15) is 0 Å². The van der Waals surface area contributed by atoms with Crippen LogP contribution in [0.15, 0.2) is 42.5 Å². The normalized spacial score (nSPS) is 16.6. The number of aromatic nitrogens is 1. The van der Waals surface area contributed by atoms with Gasteiger partial charge in [0.2, 0.25) is 0 Å². The number of benzene rings is 2. The Hall–Kier alpha value is -2.28. The second-order valence-corrected chi connectivity index (χ2v) is 6.10. The summed E-state index contributed by atoms with van der Waals surface area (Å²) in [6.07, 6.45) is 4.49. The van der Waals surface area contributed by atoms with E-state index in [-0.39, 0.29) is 0 Å². The summed E-state index contributed by atoms with van der Waals surface area (Å²) in [6, 6.07) is 13.2. The second-order valence-electron chi connectivity index (χ2n) is 6.10. The van der Waals surface area contributed by atoms with Gasteiger partial charge in [-0.25, -0.2) is 0 Å². The SMILES string of the molecule is Cc1ccccc1-c1c(C)ccc2c3c([nH]c12)C=C[C@@H]3C. The number of aryl methyl sites for hydroxylation is 2. The van der Waals surface area contributed by atoms with E-state index in [1.54, 1.807) is 0 Å². The number of hydrogen-bond acceptors (Lipinski definition) is 0. The molecule has 1 aliphatic rings. The number of allylic oxidation sites excluding steroid dienone is 1. The maximum absolute atomic E-state index is 3.65. The molecule has 0 amide bonds. The van der Waals surface area contributed by atoms with Crippen LogP contribution in [0.25, 0.3) is 28.1 Å². The van der Waals surface area contributed by atoms with Crippen LogP contribution in [-0.4, -0.2) is 4.98 Å². The van der Waals surface area contributed by atoms with E-state index >= 15 is 0 Å². The molecule has 1 aromatic heterocycles. The molecular weight excluding hydrogens is 254 g/mol. The zero-order chi connectivity index (χ0) is 14.6. The van der Waals surface area contributed by atoms with Gasteiger partial charge in [0, 0.05) is 22.6 Å². The summed E-state index contributed by atoms with van der Waals surface area (Å²) in [6.45, 7) is 6.65. The van der Waals surface area contributed by atoms with Crippen LogP contribution in [0.4, 0.5) is 0 Å². The fourth-order valence-corrected chi connectivity index (χ4v) is 3.57. The number of hydrogen-bond donors (Lipinski definition) is 1. The first kappa shape index (κ1) is 12.5. The van der Waals surface area contributed by atoms with Gasteiger partial charge >= 0.3 is 0 Å². The molecule has 0 saturated heterocycles. The minimum Gasteiger partial charge on any atom is -0.354 e. The van der Waals surface area contributed by atoms with Crippen molar-refractivity contribution in [2.45, 2.75) is 26.7 Å². The minimum atomic E-state index is 0.501. The third-order valence-electron chi connectivity index (χ3n) is 4.67. The Morgan fingerprint density at radius 2 is 1.76 bits per heavy atom. The van der Waals surface area contributed by atoms with Gasteiger partial charge in [-0.2, -0.15) is 0 Å². The standard InChI is InChI=1S/C20H19N/c1-12-6-4-5-7-15(12)19-14(3)8-10-16-18-13(2)9-11-17(18)21-20(16)19/h4-11,13,21H,1-3H3/t13-/m0/s1. The first-order valence-electron chi connectivity index (χ1n) is 7.56. The molecule has 0 aliphatic heterocycles. The Bertz CT molecular complexity index is 880. The minimum absolute atomic E-state index is 0.501. The lowest BCUT2D eigenvalue weighted by atomic mass is 9.93. The van der Waals surface area contributed by atoms with E-state index in [0.717, 1.165) is 0 Å². The number of H-pyrrole nitrogens is 1. The molecule has 3 aromatic rings. The predicted octanol–water partition coefficient (Wildman–Crippen LogP) is 5.58. The van der Waals surface area contributed by atoms with Gasteiger partial charge in [0.1, 0.15) is 0 Å². The van der Waals surface area contributed by atoms with Crippen molar-refractivity contribution in [1.29, 1.82) is 0 Å². The second kappa shape index (κ2) is 4.36. The van der Waals surface area contributed by atoms with Gasteiger partial charge in [-0.05, 0) is 42.2 Å². The summed E-state index contributed by atoms with van der Waals surface area (Å²) in [5.74, 6) is 0.501. The van der Waals surface area contributed by atoms with E-state index < -0.39 is 0 Å². The van der Waals surface area contributed by atoms with Crippen LogP contribution >= 0.6 is 0 Å². The van der Waals surface area contributed by atoms with Crippen LogP contribution in [0.1, 0.15) is 35.2 Å². The van der Waals surface area contributed by atoms with Gasteiger partial charge in [-0.15, -0.1) is 0 Å². The molecular formula is C20H19N. The highest BCUT2D eigenvalue weighted by atomic mass is 14.7. The molecule has 1 N–H and O–H groups in total. The molecule has 2 aromatic carbocycles. The quantitative estimate of drug-likeness (QED) is 0.595. The molecule has 1 nitrogen and oxygen atoms in total. The van der Waals surface area contributed by atoms with Crippen molar-refractivity contribution in [3.63, 3.8) is 0 Å². The molecule has 0 fully saturated rings. The van der Waals surface area contributed by atoms with Crippen LogP contribution in [-0.2, 0) is 0 Å². The Kier molecular flexibility index (Phi) is 2.58. The average molecular weight is 273 g/mol. The van der Waals surface area contributed by atoms with Gasteiger partial charge < -0.3 is 4.98 Å². The third kappa shape index (κ3) is 1.70. The van der Waals surface area contributed by atoms with Crippen molar-refractivity contribution in [1.82, 2.24) is 4.98 Å². The zero-order valence-electron chi connectivity index (χ0n) is 12.7. The van der Waals surface area contributed by atoms with Crippen LogP contribution in [0, 0.1) is 13.8 Å². The zero-order valence-corrected chi connectivity index (χ0v) is 12.7. The van der Waals surface area contributed by atoms with Crippen LogP contribution < -0.4 is 0 Å². The molecule has 1 heterocycles. The largest absolute Gasteiger partial charge is 0.354 e. The average Bonchev–Trinajstić information content (AvgIpc) is 3.00. The molecule has 4 rings (SSSR count). The first-order chi connectivity index (χ1) is 10.2. The van der Waals surface area contributed by atoms with Crippen LogP contribution in [0.2, 0.25) is 0 Å². The molecule has 1 heteroatoms. The Morgan fingerprint density at radius 1 is 0.952 bits per heavy atom. The maximum atomic E-state index is 3.65. The number of rotatable bonds is 1. The lowest BCUT2D eigenvalue weighted by molar-refractivity contribution is 1.00. The number of aromatic amines is 1. The summed E-state index contributed by atoms with van der Waals surface area (Å²) < 4.78 is 0. The number of nitrogens with one attached hydrogen (secondary N) is 1. The fourth-order valence-electron chi connectivity index (χ4n) is 3.57. The van der Waals surface area contributed by atoms with Gasteiger partial charge in [0.15, 0.2) is 0 Å². The van der Waals surface area contributed by atoms with Crippen LogP contribution in [0.5, 0.6) is 0 Å². The highest BCUT2D eigenvalue weighted by Gasteiger charge is 2.21. The maximum Gasteiger partial charge on any atom is 0.0544 e. The van der Waals surface area contributed by atoms with E-state index in [4.69, 9.17) is 0 Å². The van der Waals surface area contributed by atoms with E-state index in [0.29, 0.717) is 5.92 Å². The third-order valence-corrected chi connectivity index (χ3v) is 4.67. The molecule has 1 aliphatic carbocycles.